The molecule has 1 aliphatic rings. The van der Waals surface area contributed by atoms with E-state index in [1.54, 1.807) is 11.3 Å². The number of aromatic nitrogens is 2. The molecule has 3 nitrogen and oxygen atoms in total. The van der Waals surface area contributed by atoms with Crippen molar-refractivity contribution in [2.75, 3.05) is 5.32 Å². The van der Waals surface area contributed by atoms with E-state index in [0.717, 1.165) is 41.6 Å². The van der Waals surface area contributed by atoms with Crippen LogP contribution in [0.4, 0.5) is 24.7 Å². The molecule has 1 N–H and O–H groups in total. The van der Waals surface area contributed by atoms with Crippen molar-refractivity contribution in [1.29, 1.82) is 0 Å². The van der Waals surface area contributed by atoms with Gasteiger partial charge in [-0.15, -0.1) is 11.3 Å². The Morgan fingerprint density at radius 3 is 2.48 bits per heavy atom. The molecule has 0 fully saturated rings. The third kappa shape index (κ3) is 3.08. The zero-order valence-electron chi connectivity index (χ0n) is 13.6. The van der Waals surface area contributed by atoms with Crippen molar-refractivity contribution >= 4 is 33.1 Å². The zero-order valence-corrected chi connectivity index (χ0v) is 14.4. The summed E-state index contributed by atoms with van der Waals surface area (Å²) in [6.07, 6.45) is 0.0721. The summed E-state index contributed by atoms with van der Waals surface area (Å²) in [5.41, 5.74) is 1.22. The smallest absolute Gasteiger partial charge is 0.340 e. The minimum atomic E-state index is -4.33. The van der Waals surface area contributed by atoms with Gasteiger partial charge in [0.05, 0.1) is 10.9 Å². The maximum atomic E-state index is 12.7. The maximum Gasteiger partial charge on any atom is 0.416 e. The first-order valence-corrected chi connectivity index (χ1v) is 8.96. The Kier molecular flexibility index (Phi) is 3.91. The molecule has 0 atom stereocenters. The second kappa shape index (κ2) is 5.98. The first-order valence-electron chi connectivity index (χ1n) is 8.15. The number of hydrogen-bond donors (Lipinski definition) is 1. The number of benzene rings is 1. The fourth-order valence-corrected chi connectivity index (χ4v) is 4.54. The summed E-state index contributed by atoms with van der Waals surface area (Å²) in [7, 11) is 0. The highest BCUT2D eigenvalue weighted by molar-refractivity contribution is 7.19. The van der Waals surface area contributed by atoms with Gasteiger partial charge in [0.15, 0.2) is 0 Å². The Balaban J connectivity index is 1.75. The molecule has 0 unspecified atom stereocenters. The van der Waals surface area contributed by atoms with Crippen LogP contribution in [0, 0.1) is 6.92 Å². The van der Waals surface area contributed by atoms with Crippen molar-refractivity contribution < 1.29 is 13.2 Å². The van der Waals surface area contributed by atoms with Crippen molar-refractivity contribution in [2.45, 2.75) is 38.8 Å². The summed E-state index contributed by atoms with van der Waals surface area (Å²) >= 11 is 1.70. The molecule has 0 bridgehead atoms. The van der Waals surface area contributed by atoms with Gasteiger partial charge >= 0.3 is 6.18 Å². The van der Waals surface area contributed by atoms with Gasteiger partial charge in [0.1, 0.15) is 16.5 Å². The standard InChI is InChI=1S/C18H16F3N3S/c1-10-22-16(24-12-8-6-11(7-9-12)18(19,20)21)15-13-4-2-3-5-14(13)25-17(15)23-10/h6-9H,2-5H2,1H3,(H,22,23,24). The number of aryl methyl sites for hydroxylation is 3. The molecule has 0 saturated heterocycles. The molecule has 4 rings (SSSR count). The van der Waals surface area contributed by atoms with Crippen LogP contribution in [-0.2, 0) is 19.0 Å². The second-order valence-electron chi connectivity index (χ2n) is 6.21. The van der Waals surface area contributed by atoms with Crippen molar-refractivity contribution in [1.82, 2.24) is 9.97 Å². The summed E-state index contributed by atoms with van der Waals surface area (Å²) in [6, 6.07) is 5.03. The van der Waals surface area contributed by atoms with Crippen LogP contribution < -0.4 is 5.32 Å². The molecule has 1 aromatic carbocycles. The normalized spacial score (nSPS) is 14.6. The first kappa shape index (κ1) is 16.3. The van der Waals surface area contributed by atoms with Gasteiger partial charge in [0.25, 0.3) is 0 Å². The van der Waals surface area contributed by atoms with Gasteiger partial charge in [0, 0.05) is 10.6 Å². The number of anilines is 2. The van der Waals surface area contributed by atoms with Gasteiger partial charge in [-0.3, -0.25) is 0 Å². The molecule has 0 radical (unpaired) electrons. The lowest BCUT2D eigenvalue weighted by molar-refractivity contribution is -0.137. The summed E-state index contributed by atoms with van der Waals surface area (Å²) in [5, 5.41) is 4.21. The minimum Gasteiger partial charge on any atom is -0.340 e. The van der Waals surface area contributed by atoms with E-state index >= 15 is 0 Å². The highest BCUT2D eigenvalue weighted by Gasteiger charge is 2.30. The topological polar surface area (TPSA) is 37.8 Å². The molecule has 0 aliphatic heterocycles. The van der Waals surface area contributed by atoms with Crippen molar-refractivity contribution in [3.8, 4) is 0 Å². The van der Waals surface area contributed by atoms with Gasteiger partial charge in [0.2, 0.25) is 0 Å². The van der Waals surface area contributed by atoms with Crippen LogP contribution in [0.3, 0.4) is 0 Å². The number of hydrogen-bond acceptors (Lipinski definition) is 4. The predicted molar refractivity (Wildman–Crippen MR) is 93.5 cm³/mol. The molecule has 130 valence electrons. The molecule has 2 heterocycles. The number of rotatable bonds is 2. The van der Waals surface area contributed by atoms with Crippen molar-refractivity contribution in [3.05, 3.63) is 46.1 Å². The fraction of sp³-hybridized carbons (Fsp3) is 0.333. The Morgan fingerprint density at radius 1 is 1.04 bits per heavy atom. The maximum absolute atomic E-state index is 12.7. The number of halogens is 3. The van der Waals surface area contributed by atoms with E-state index in [9.17, 15) is 13.2 Å². The largest absolute Gasteiger partial charge is 0.416 e. The minimum absolute atomic E-state index is 0.586. The average molecular weight is 363 g/mol. The molecule has 3 aromatic rings. The summed E-state index contributed by atoms with van der Waals surface area (Å²) in [5.74, 6) is 1.34. The van der Waals surface area contributed by atoms with E-state index in [-0.39, 0.29) is 0 Å². The summed E-state index contributed by atoms with van der Waals surface area (Å²) in [6.45, 7) is 1.83. The number of thiophene rings is 1. The lowest BCUT2D eigenvalue weighted by atomic mass is 9.97. The molecule has 7 heteroatoms. The molecular weight excluding hydrogens is 347 g/mol. The Labute approximate surface area is 146 Å². The molecule has 0 saturated carbocycles. The van der Waals surface area contributed by atoms with Crippen LogP contribution >= 0.6 is 11.3 Å². The monoisotopic (exact) mass is 363 g/mol. The van der Waals surface area contributed by atoms with Crippen LogP contribution in [0.15, 0.2) is 24.3 Å². The van der Waals surface area contributed by atoms with E-state index in [4.69, 9.17) is 0 Å². The summed E-state index contributed by atoms with van der Waals surface area (Å²) in [4.78, 5) is 11.4. The van der Waals surface area contributed by atoms with Gasteiger partial charge in [-0.25, -0.2) is 9.97 Å². The van der Waals surface area contributed by atoms with Gasteiger partial charge in [-0.1, -0.05) is 0 Å². The molecule has 2 aromatic heterocycles. The van der Waals surface area contributed by atoms with Crippen LogP contribution in [0.2, 0.25) is 0 Å². The highest BCUT2D eigenvalue weighted by Crippen LogP contribution is 2.39. The Hall–Kier alpha value is -2.15. The third-order valence-corrected chi connectivity index (χ3v) is 5.59. The van der Waals surface area contributed by atoms with Crippen LogP contribution in [0.5, 0.6) is 0 Å². The van der Waals surface area contributed by atoms with Crippen LogP contribution in [0.1, 0.15) is 34.7 Å². The van der Waals surface area contributed by atoms with Crippen molar-refractivity contribution in [2.24, 2.45) is 0 Å². The van der Waals surface area contributed by atoms with E-state index in [1.165, 1.54) is 29.0 Å². The molecule has 1 aliphatic carbocycles. The van der Waals surface area contributed by atoms with E-state index in [2.05, 4.69) is 15.3 Å². The third-order valence-electron chi connectivity index (χ3n) is 4.40. The van der Waals surface area contributed by atoms with Crippen LogP contribution in [-0.4, -0.2) is 9.97 Å². The lowest BCUT2D eigenvalue weighted by Crippen LogP contribution is -2.05. The number of nitrogens with one attached hydrogen (secondary N) is 1. The van der Waals surface area contributed by atoms with Gasteiger partial charge in [-0.05, 0) is 62.4 Å². The lowest BCUT2D eigenvalue weighted by Gasteiger charge is -2.13. The predicted octanol–water partition coefficient (Wildman–Crippen LogP) is 5.64. The molecule has 25 heavy (non-hydrogen) atoms. The average Bonchev–Trinajstić information content (AvgIpc) is 2.92. The Morgan fingerprint density at radius 2 is 1.76 bits per heavy atom. The van der Waals surface area contributed by atoms with E-state index < -0.39 is 11.7 Å². The number of fused-ring (bicyclic) bond motifs is 3. The van der Waals surface area contributed by atoms with E-state index in [1.807, 2.05) is 6.92 Å². The zero-order chi connectivity index (χ0) is 17.6. The van der Waals surface area contributed by atoms with Gasteiger partial charge < -0.3 is 5.32 Å². The van der Waals surface area contributed by atoms with Gasteiger partial charge in [-0.2, -0.15) is 13.2 Å². The number of nitrogens with zero attached hydrogens (tertiary/aromatic N) is 2. The first-order chi connectivity index (χ1) is 11.9. The second-order valence-corrected chi connectivity index (χ2v) is 7.29. The van der Waals surface area contributed by atoms with Crippen LogP contribution in [0.25, 0.3) is 10.2 Å². The highest BCUT2D eigenvalue weighted by atomic mass is 32.1. The fourth-order valence-electron chi connectivity index (χ4n) is 3.23. The quantitative estimate of drug-likeness (QED) is 0.640. The van der Waals surface area contributed by atoms with E-state index in [0.29, 0.717) is 17.3 Å². The Bertz CT molecular complexity index is 929. The molecule has 0 amide bonds. The molecule has 0 spiro atoms. The molecular formula is C18H16F3N3S. The SMILES string of the molecule is Cc1nc(Nc2ccc(C(F)(F)F)cc2)c2c3c(sc2n1)CCCC3. The number of alkyl halides is 3. The summed E-state index contributed by atoms with van der Waals surface area (Å²) < 4.78 is 38.1. The van der Waals surface area contributed by atoms with Crippen molar-refractivity contribution in [3.63, 3.8) is 0 Å².